The van der Waals surface area contributed by atoms with Gasteiger partial charge in [-0.1, -0.05) is 6.42 Å². The summed E-state index contributed by atoms with van der Waals surface area (Å²) in [7, 11) is 0. The van der Waals surface area contributed by atoms with Gasteiger partial charge in [0, 0.05) is 0 Å². The van der Waals surface area contributed by atoms with Crippen LogP contribution in [0, 0.1) is 6.92 Å². The molecule has 31 heavy (non-hydrogen) atoms. The molecule has 164 valence electrons. The standard InChI is InChI=1S/C22H24N2O6S/c1-3-28-21(26)16-10-9-15(29-16)11-24-12-23-19-17(20(24)25)13(2)18(31-19)22(27)30-14-7-5-4-6-8-14/h9-10,12,14H,3-8,11H2,1-2H3. The molecule has 9 heteroatoms. The van der Waals surface area contributed by atoms with Crippen molar-refractivity contribution in [3.8, 4) is 0 Å². The number of esters is 2. The summed E-state index contributed by atoms with van der Waals surface area (Å²) in [6.45, 7) is 3.82. The van der Waals surface area contributed by atoms with Crippen molar-refractivity contribution < 1.29 is 23.5 Å². The fourth-order valence-electron chi connectivity index (χ4n) is 3.80. The van der Waals surface area contributed by atoms with Gasteiger partial charge in [-0.05, 0) is 57.2 Å². The van der Waals surface area contributed by atoms with Gasteiger partial charge in [-0.25, -0.2) is 14.6 Å². The molecule has 3 aromatic heterocycles. The number of ether oxygens (including phenoxy) is 2. The summed E-state index contributed by atoms with van der Waals surface area (Å²) in [5.41, 5.74) is 0.309. The lowest BCUT2D eigenvalue weighted by molar-refractivity contribution is 0.0216. The Morgan fingerprint density at radius 2 is 2.00 bits per heavy atom. The van der Waals surface area contributed by atoms with Crippen LogP contribution in [0.3, 0.4) is 0 Å². The van der Waals surface area contributed by atoms with Crippen LogP contribution in [0.2, 0.25) is 0 Å². The number of rotatable bonds is 6. The van der Waals surface area contributed by atoms with E-state index in [1.165, 1.54) is 34.7 Å². The molecule has 1 aliphatic carbocycles. The first kappa shape index (κ1) is 21.3. The van der Waals surface area contributed by atoms with Crippen molar-refractivity contribution >= 4 is 33.5 Å². The van der Waals surface area contributed by atoms with Crippen LogP contribution in [0.5, 0.6) is 0 Å². The Balaban J connectivity index is 1.57. The molecule has 4 rings (SSSR count). The molecule has 0 saturated heterocycles. The van der Waals surface area contributed by atoms with Gasteiger partial charge in [0.1, 0.15) is 21.6 Å². The monoisotopic (exact) mass is 444 g/mol. The molecule has 0 spiro atoms. The molecule has 8 nitrogen and oxygen atoms in total. The lowest BCUT2D eigenvalue weighted by Crippen LogP contribution is -2.22. The van der Waals surface area contributed by atoms with E-state index in [9.17, 15) is 14.4 Å². The Hall–Kier alpha value is -2.94. The minimum Gasteiger partial charge on any atom is -0.460 e. The molecule has 0 unspecified atom stereocenters. The van der Waals surface area contributed by atoms with Crippen molar-refractivity contribution in [2.75, 3.05) is 6.61 Å². The van der Waals surface area contributed by atoms with E-state index in [0.717, 1.165) is 25.7 Å². The summed E-state index contributed by atoms with van der Waals surface area (Å²) in [6.07, 6.45) is 6.46. The highest BCUT2D eigenvalue weighted by molar-refractivity contribution is 7.20. The lowest BCUT2D eigenvalue weighted by Gasteiger charge is -2.21. The minimum absolute atomic E-state index is 0.0528. The first-order valence-electron chi connectivity index (χ1n) is 10.4. The van der Waals surface area contributed by atoms with E-state index in [4.69, 9.17) is 13.9 Å². The molecule has 0 aromatic carbocycles. The zero-order chi connectivity index (χ0) is 22.0. The van der Waals surface area contributed by atoms with Crippen LogP contribution in [0.15, 0.2) is 27.7 Å². The summed E-state index contributed by atoms with van der Waals surface area (Å²) in [5.74, 6) is -0.428. The smallest absolute Gasteiger partial charge is 0.374 e. The zero-order valence-corrected chi connectivity index (χ0v) is 18.3. The number of thiophene rings is 1. The largest absolute Gasteiger partial charge is 0.460 e. The van der Waals surface area contributed by atoms with E-state index in [0.29, 0.717) is 26.4 Å². The molecule has 0 radical (unpaired) electrons. The van der Waals surface area contributed by atoms with Gasteiger partial charge in [-0.15, -0.1) is 11.3 Å². The molecule has 0 atom stereocenters. The summed E-state index contributed by atoms with van der Waals surface area (Å²) in [5, 5.41) is 0.403. The molecule has 1 saturated carbocycles. The van der Waals surface area contributed by atoms with Crippen molar-refractivity contribution in [2.24, 2.45) is 0 Å². The second kappa shape index (κ2) is 9.05. The Morgan fingerprint density at radius 3 is 2.74 bits per heavy atom. The average molecular weight is 445 g/mol. The normalized spacial score (nSPS) is 14.6. The molecular formula is C22H24N2O6S. The van der Waals surface area contributed by atoms with Gasteiger partial charge in [0.2, 0.25) is 5.76 Å². The number of carbonyl (C=O) groups is 2. The van der Waals surface area contributed by atoms with Crippen LogP contribution < -0.4 is 5.56 Å². The van der Waals surface area contributed by atoms with Gasteiger partial charge >= 0.3 is 11.9 Å². The van der Waals surface area contributed by atoms with Gasteiger partial charge in [0.05, 0.1) is 24.9 Å². The van der Waals surface area contributed by atoms with Crippen LogP contribution in [0.25, 0.3) is 10.2 Å². The maximum Gasteiger partial charge on any atom is 0.374 e. The quantitative estimate of drug-likeness (QED) is 0.528. The van der Waals surface area contributed by atoms with Gasteiger partial charge in [0.25, 0.3) is 5.56 Å². The SMILES string of the molecule is CCOC(=O)c1ccc(Cn2cnc3sc(C(=O)OC4CCCCC4)c(C)c3c2=O)o1. The van der Waals surface area contributed by atoms with Gasteiger partial charge in [-0.3, -0.25) is 9.36 Å². The first-order valence-corrected chi connectivity index (χ1v) is 11.2. The van der Waals surface area contributed by atoms with E-state index in [1.807, 2.05) is 0 Å². The second-order valence-corrected chi connectivity index (χ2v) is 8.56. The fraction of sp³-hybridized carbons (Fsp3) is 0.455. The van der Waals surface area contributed by atoms with E-state index in [-0.39, 0.29) is 36.5 Å². The number of aromatic nitrogens is 2. The maximum absolute atomic E-state index is 13.1. The molecular weight excluding hydrogens is 420 g/mol. The van der Waals surface area contributed by atoms with Crippen molar-refractivity contribution in [3.63, 3.8) is 0 Å². The van der Waals surface area contributed by atoms with Gasteiger partial charge < -0.3 is 13.9 Å². The van der Waals surface area contributed by atoms with Crippen molar-refractivity contribution in [3.05, 3.63) is 50.8 Å². The second-order valence-electron chi connectivity index (χ2n) is 7.57. The third-order valence-electron chi connectivity index (χ3n) is 5.39. The highest BCUT2D eigenvalue weighted by Gasteiger charge is 2.24. The summed E-state index contributed by atoms with van der Waals surface area (Å²) in [4.78, 5) is 42.8. The van der Waals surface area contributed by atoms with Gasteiger partial charge in [-0.2, -0.15) is 0 Å². The molecule has 0 bridgehead atoms. The molecule has 0 aliphatic heterocycles. The number of hydrogen-bond donors (Lipinski definition) is 0. The fourth-order valence-corrected chi connectivity index (χ4v) is 4.82. The summed E-state index contributed by atoms with van der Waals surface area (Å²) in [6, 6.07) is 3.13. The Morgan fingerprint density at radius 1 is 1.23 bits per heavy atom. The predicted octanol–water partition coefficient (Wildman–Crippen LogP) is 4.07. The molecule has 1 fully saturated rings. The average Bonchev–Trinajstić information content (AvgIpc) is 3.36. The number of carbonyl (C=O) groups excluding carboxylic acids is 2. The maximum atomic E-state index is 13.1. The van der Waals surface area contributed by atoms with E-state index < -0.39 is 5.97 Å². The van der Waals surface area contributed by atoms with Crippen LogP contribution in [0.1, 0.15) is 70.6 Å². The molecule has 0 N–H and O–H groups in total. The number of aryl methyl sites for hydroxylation is 1. The number of fused-ring (bicyclic) bond motifs is 1. The van der Waals surface area contributed by atoms with Crippen molar-refractivity contribution in [1.29, 1.82) is 0 Å². The van der Waals surface area contributed by atoms with E-state index >= 15 is 0 Å². The minimum atomic E-state index is -0.551. The number of hydrogen-bond acceptors (Lipinski definition) is 8. The third kappa shape index (κ3) is 4.41. The van der Waals surface area contributed by atoms with E-state index in [2.05, 4.69) is 4.98 Å². The molecule has 3 heterocycles. The lowest BCUT2D eigenvalue weighted by atomic mass is 9.98. The number of furan rings is 1. The third-order valence-corrected chi connectivity index (χ3v) is 6.57. The van der Waals surface area contributed by atoms with Crippen LogP contribution in [-0.4, -0.2) is 34.2 Å². The first-order chi connectivity index (χ1) is 15.0. The Labute approximate surface area is 182 Å². The topological polar surface area (TPSA) is 101 Å². The van der Waals surface area contributed by atoms with Crippen molar-refractivity contribution in [2.45, 2.75) is 58.6 Å². The van der Waals surface area contributed by atoms with Crippen LogP contribution in [-0.2, 0) is 16.0 Å². The Bertz CT molecular complexity index is 1170. The summed E-state index contributed by atoms with van der Waals surface area (Å²) >= 11 is 1.18. The van der Waals surface area contributed by atoms with Gasteiger partial charge in [0.15, 0.2) is 0 Å². The van der Waals surface area contributed by atoms with E-state index in [1.54, 1.807) is 19.9 Å². The highest BCUT2D eigenvalue weighted by Crippen LogP contribution is 2.29. The molecule has 0 amide bonds. The van der Waals surface area contributed by atoms with Crippen molar-refractivity contribution in [1.82, 2.24) is 9.55 Å². The Kier molecular flexibility index (Phi) is 6.22. The zero-order valence-electron chi connectivity index (χ0n) is 17.5. The molecule has 3 aromatic rings. The van der Waals surface area contributed by atoms with Crippen LogP contribution >= 0.6 is 11.3 Å². The number of nitrogens with zero attached hydrogens (tertiary/aromatic N) is 2. The molecule has 1 aliphatic rings. The predicted molar refractivity (Wildman–Crippen MR) is 115 cm³/mol. The highest BCUT2D eigenvalue weighted by atomic mass is 32.1. The van der Waals surface area contributed by atoms with Crippen LogP contribution in [0.4, 0.5) is 0 Å². The summed E-state index contributed by atoms with van der Waals surface area (Å²) < 4.78 is 17.5.